The Labute approximate surface area is 165 Å². The molecule has 0 amide bonds. The van der Waals surface area contributed by atoms with E-state index in [1.807, 2.05) is 24.3 Å². The first-order valence-electron chi connectivity index (χ1n) is 8.42. The Hall–Kier alpha value is -3.43. The maximum Gasteiger partial charge on any atom is 0.235 e. The fourth-order valence-electron chi connectivity index (χ4n) is 3.16. The third-order valence-electron chi connectivity index (χ3n) is 4.48. The molecule has 4 rings (SSSR count). The summed E-state index contributed by atoms with van der Waals surface area (Å²) in [5.41, 5.74) is 3.30. The van der Waals surface area contributed by atoms with Gasteiger partial charge in [0.2, 0.25) is 5.78 Å². The van der Waals surface area contributed by atoms with Crippen molar-refractivity contribution in [1.82, 2.24) is 14.4 Å². The van der Waals surface area contributed by atoms with Crippen LogP contribution in [0.15, 0.2) is 48.7 Å². The number of fused-ring (bicyclic) bond motifs is 1. The summed E-state index contributed by atoms with van der Waals surface area (Å²) in [7, 11) is 1.59. The van der Waals surface area contributed by atoms with Crippen molar-refractivity contribution in [2.75, 3.05) is 7.11 Å². The van der Waals surface area contributed by atoms with E-state index in [2.05, 4.69) is 16.0 Å². The van der Waals surface area contributed by atoms with Crippen molar-refractivity contribution in [1.29, 1.82) is 5.26 Å². The molecule has 4 aromatic rings. The van der Waals surface area contributed by atoms with Gasteiger partial charge in [-0.05, 0) is 31.2 Å². The van der Waals surface area contributed by atoms with E-state index in [-0.39, 0.29) is 5.02 Å². The lowest BCUT2D eigenvalue weighted by molar-refractivity contribution is 0.416. The molecule has 0 bridgehead atoms. The minimum absolute atomic E-state index is 0.0182. The Morgan fingerprint density at radius 1 is 1.18 bits per heavy atom. The van der Waals surface area contributed by atoms with E-state index >= 15 is 0 Å². The quantitative estimate of drug-likeness (QED) is 0.489. The van der Waals surface area contributed by atoms with Gasteiger partial charge in [-0.1, -0.05) is 29.8 Å². The SMILES string of the molecule is COc1ccccc1-c1cn2c(-c3ccc(Cl)c(F)c3)c(C#N)c(C)nc2n1. The largest absolute Gasteiger partial charge is 0.496 e. The Morgan fingerprint density at radius 3 is 2.68 bits per heavy atom. The lowest BCUT2D eigenvalue weighted by Gasteiger charge is -2.10. The van der Waals surface area contributed by atoms with E-state index in [0.717, 1.165) is 5.56 Å². The number of hydrogen-bond acceptors (Lipinski definition) is 4. The van der Waals surface area contributed by atoms with Crippen molar-refractivity contribution in [3.63, 3.8) is 0 Å². The molecule has 0 unspecified atom stereocenters. The monoisotopic (exact) mass is 392 g/mol. The van der Waals surface area contributed by atoms with E-state index in [1.165, 1.54) is 12.1 Å². The molecule has 2 aromatic carbocycles. The van der Waals surface area contributed by atoms with Crippen molar-refractivity contribution in [2.24, 2.45) is 0 Å². The molecule has 0 atom stereocenters. The number of nitrogens with zero attached hydrogens (tertiary/aromatic N) is 4. The summed E-state index contributed by atoms with van der Waals surface area (Å²) >= 11 is 5.82. The summed E-state index contributed by atoms with van der Waals surface area (Å²) in [4.78, 5) is 9.04. The van der Waals surface area contributed by atoms with Gasteiger partial charge < -0.3 is 4.74 Å². The predicted octanol–water partition coefficient (Wildman–Crippen LogP) is 5.04. The molecule has 2 aromatic heterocycles. The zero-order valence-electron chi connectivity index (χ0n) is 15.1. The minimum Gasteiger partial charge on any atom is -0.496 e. The van der Waals surface area contributed by atoms with E-state index in [4.69, 9.17) is 16.3 Å². The van der Waals surface area contributed by atoms with Gasteiger partial charge in [0.1, 0.15) is 17.6 Å². The van der Waals surface area contributed by atoms with Crippen molar-refractivity contribution in [2.45, 2.75) is 6.92 Å². The second-order valence-corrected chi connectivity index (χ2v) is 6.57. The van der Waals surface area contributed by atoms with Crippen LogP contribution in [0.25, 0.3) is 28.3 Å². The highest BCUT2D eigenvalue weighted by Gasteiger charge is 2.19. The first-order chi connectivity index (χ1) is 13.5. The number of aromatic nitrogens is 3. The first kappa shape index (κ1) is 18.0. The van der Waals surface area contributed by atoms with Gasteiger partial charge >= 0.3 is 0 Å². The van der Waals surface area contributed by atoms with Gasteiger partial charge in [0.25, 0.3) is 0 Å². The van der Waals surface area contributed by atoms with Crippen molar-refractivity contribution in [3.8, 4) is 34.3 Å². The van der Waals surface area contributed by atoms with Crippen LogP contribution in [-0.2, 0) is 0 Å². The molecule has 0 aliphatic heterocycles. The molecular weight excluding hydrogens is 379 g/mol. The smallest absolute Gasteiger partial charge is 0.235 e. The molecule has 0 aliphatic carbocycles. The number of para-hydroxylation sites is 1. The summed E-state index contributed by atoms with van der Waals surface area (Å²) in [6.45, 7) is 1.73. The molecule has 138 valence electrons. The van der Waals surface area contributed by atoms with Crippen molar-refractivity contribution >= 4 is 17.4 Å². The molecule has 0 N–H and O–H groups in total. The zero-order valence-corrected chi connectivity index (χ0v) is 15.8. The van der Waals surface area contributed by atoms with Crippen LogP contribution < -0.4 is 4.74 Å². The van der Waals surface area contributed by atoms with Gasteiger partial charge in [-0.25, -0.2) is 14.4 Å². The Balaban J connectivity index is 2.04. The number of ether oxygens (including phenoxy) is 1. The molecule has 0 aliphatic rings. The minimum atomic E-state index is -0.560. The van der Waals surface area contributed by atoms with Crippen LogP contribution >= 0.6 is 11.6 Å². The van der Waals surface area contributed by atoms with Gasteiger partial charge in [-0.3, -0.25) is 4.40 Å². The molecule has 0 spiro atoms. The van der Waals surface area contributed by atoms with Crippen LogP contribution in [0, 0.1) is 24.1 Å². The molecular formula is C21H14ClFN4O. The number of rotatable bonds is 3. The second kappa shape index (κ2) is 6.95. The van der Waals surface area contributed by atoms with Crippen LogP contribution in [0.4, 0.5) is 4.39 Å². The summed E-state index contributed by atoms with van der Waals surface area (Å²) in [6.07, 6.45) is 1.77. The summed E-state index contributed by atoms with van der Waals surface area (Å²) in [6, 6.07) is 14.1. The maximum atomic E-state index is 14.1. The van der Waals surface area contributed by atoms with Gasteiger partial charge in [0, 0.05) is 17.3 Å². The highest BCUT2D eigenvalue weighted by atomic mass is 35.5. The van der Waals surface area contributed by atoms with E-state index in [1.54, 1.807) is 30.7 Å². The van der Waals surface area contributed by atoms with Crippen LogP contribution in [-0.4, -0.2) is 21.5 Å². The predicted molar refractivity (Wildman–Crippen MR) is 105 cm³/mol. The van der Waals surface area contributed by atoms with Gasteiger partial charge in [-0.2, -0.15) is 5.26 Å². The molecule has 0 radical (unpaired) electrons. The fraction of sp³-hybridized carbons (Fsp3) is 0.0952. The van der Waals surface area contributed by atoms with Crippen molar-refractivity contribution < 1.29 is 9.13 Å². The third-order valence-corrected chi connectivity index (χ3v) is 4.79. The Kier molecular flexibility index (Phi) is 4.46. The number of hydrogen-bond donors (Lipinski definition) is 0. The molecule has 0 saturated carbocycles. The number of halogens is 2. The first-order valence-corrected chi connectivity index (χ1v) is 8.80. The third kappa shape index (κ3) is 2.86. The lowest BCUT2D eigenvalue weighted by atomic mass is 10.0. The molecule has 7 heteroatoms. The van der Waals surface area contributed by atoms with Crippen molar-refractivity contribution in [3.05, 3.63) is 70.8 Å². The van der Waals surface area contributed by atoms with Gasteiger partial charge in [-0.15, -0.1) is 0 Å². The number of benzene rings is 2. The standard InChI is InChI=1S/C21H14ClFN4O/c1-12-15(10-24)20(13-7-8-16(22)17(23)9-13)27-11-18(26-21(27)25-12)14-5-3-4-6-19(14)28-2/h3-9,11H,1-2H3. The van der Waals surface area contributed by atoms with Crippen LogP contribution in [0.1, 0.15) is 11.3 Å². The van der Waals surface area contributed by atoms with Crippen LogP contribution in [0.2, 0.25) is 5.02 Å². The highest BCUT2D eigenvalue weighted by Crippen LogP contribution is 2.33. The average molecular weight is 393 g/mol. The number of aryl methyl sites for hydroxylation is 1. The molecule has 0 fully saturated rings. The topological polar surface area (TPSA) is 63.2 Å². The summed E-state index contributed by atoms with van der Waals surface area (Å²) < 4.78 is 21.2. The second-order valence-electron chi connectivity index (χ2n) is 6.16. The van der Waals surface area contributed by atoms with Gasteiger partial charge in [0.05, 0.1) is 34.8 Å². The van der Waals surface area contributed by atoms with E-state index < -0.39 is 5.82 Å². The summed E-state index contributed by atoms with van der Waals surface area (Å²) in [5, 5.41) is 9.70. The number of imidazole rings is 1. The zero-order chi connectivity index (χ0) is 19.8. The molecule has 0 saturated heterocycles. The normalized spacial score (nSPS) is 10.8. The number of nitriles is 1. The molecule has 2 heterocycles. The molecule has 28 heavy (non-hydrogen) atoms. The lowest BCUT2D eigenvalue weighted by Crippen LogP contribution is -2.02. The van der Waals surface area contributed by atoms with Crippen LogP contribution in [0.5, 0.6) is 5.75 Å². The Morgan fingerprint density at radius 2 is 1.96 bits per heavy atom. The highest BCUT2D eigenvalue weighted by molar-refractivity contribution is 6.30. The van der Waals surface area contributed by atoms with E-state index in [0.29, 0.717) is 39.7 Å². The van der Waals surface area contributed by atoms with Gasteiger partial charge in [0.15, 0.2) is 0 Å². The van der Waals surface area contributed by atoms with Crippen LogP contribution in [0.3, 0.4) is 0 Å². The summed E-state index contributed by atoms with van der Waals surface area (Å²) in [5.74, 6) is 0.515. The number of methoxy groups -OCH3 is 1. The fourth-order valence-corrected chi connectivity index (χ4v) is 3.28. The molecule has 5 nitrogen and oxygen atoms in total. The average Bonchev–Trinajstić information content (AvgIpc) is 3.12. The Bertz CT molecular complexity index is 1260. The van der Waals surface area contributed by atoms with E-state index in [9.17, 15) is 9.65 Å². The maximum absolute atomic E-state index is 14.1.